The van der Waals surface area contributed by atoms with Gasteiger partial charge in [0.15, 0.2) is 5.76 Å². The number of carbonyl (C=O) groups excluding carboxylic acids is 1. The monoisotopic (exact) mass is 351 g/mol. The third-order valence-electron chi connectivity index (χ3n) is 3.97. The fraction of sp³-hybridized carbons (Fsp3) is 0.200. The van der Waals surface area contributed by atoms with Gasteiger partial charge in [0.05, 0.1) is 5.71 Å². The molecule has 0 fully saturated rings. The normalized spacial score (nSPS) is 11.4. The second-order valence-electron chi connectivity index (χ2n) is 5.98. The van der Waals surface area contributed by atoms with Crippen LogP contribution in [-0.4, -0.2) is 16.6 Å². The summed E-state index contributed by atoms with van der Waals surface area (Å²) >= 11 is 0. The van der Waals surface area contributed by atoms with Gasteiger partial charge in [0.25, 0.3) is 0 Å². The van der Waals surface area contributed by atoms with Crippen molar-refractivity contribution in [2.24, 2.45) is 5.10 Å². The number of benzene rings is 1. The number of nitrogens with zero attached hydrogens (tertiary/aromatic N) is 1. The molecule has 26 heavy (non-hydrogen) atoms. The molecule has 0 unspecified atom stereocenters. The second kappa shape index (κ2) is 7.74. The Morgan fingerprint density at radius 2 is 1.96 bits per heavy atom. The van der Waals surface area contributed by atoms with E-state index in [1.54, 1.807) is 12.1 Å². The molecule has 3 rings (SSSR count). The predicted molar refractivity (Wildman–Crippen MR) is 99.4 cm³/mol. The molecule has 0 atom stereocenters. The number of nitrogens with one attached hydrogen (secondary N) is 2. The number of para-hydroxylation sites is 1. The van der Waals surface area contributed by atoms with E-state index in [2.05, 4.69) is 15.5 Å². The molecular formula is C20H21N3O3. The van der Waals surface area contributed by atoms with Crippen molar-refractivity contribution in [2.45, 2.75) is 27.4 Å². The molecule has 0 aliphatic heterocycles. The number of aromatic amines is 1. The maximum Gasteiger partial charge on any atom is 0.307 e. The van der Waals surface area contributed by atoms with Gasteiger partial charge in [-0.25, -0.2) is 5.43 Å². The molecule has 0 saturated heterocycles. The zero-order valence-corrected chi connectivity index (χ0v) is 15.0. The van der Waals surface area contributed by atoms with Crippen LogP contribution in [0.5, 0.6) is 5.75 Å². The van der Waals surface area contributed by atoms with Gasteiger partial charge in [-0.05, 0) is 50.6 Å². The maximum atomic E-state index is 12.2. The van der Waals surface area contributed by atoms with Gasteiger partial charge in [-0.2, -0.15) is 5.10 Å². The lowest BCUT2D eigenvalue weighted by Crippen LogP contribution is -2.19. The molecule has 0 aliphatic carbocycles. The number of H-pyrrole nitrogens is 1. The zero-order chi connectivity index (χ0) is 18.5. The number of aryl methyl sites for hydroxylation is 2. The minimum absolute atomic E-state index is 0.190. The molecule has 0 bridgehead atoms. The summed E-state index contributed by atoms with van der Waals surface area (Å²) in [6.45, 7) is 6.06. The quantitative estimate of drug-likeness (QED) is 0.521. The van der Waals surface area contributed by atoms with E-state index in [1.165, 1.54) is 0 Å². The molecule has 6 heteroatoms. The standard InChI is InChI=1S/C20H21N3O3/c1-13-11-21-14(2)19(13)15(3)22-23-20(24)18-10-9-17(26-18)12-25-16-7-5-4-6-8-16/h4-11,21H,12H2,1-3H3,(H,23,24)/b22-15+. The Bertz CT molecular complexity index is 903. The van der Waals surface area contributed by atoms with E-state index >= 15 is 0 Å². The Balaban J connectivity index is 1.60. The molecule has 0 radical (unpaired) electrons. The molecule has 2 heterocycles. The summed E-state index contributed by atoms with van der Waals surface area (Å²) in [6, 6.07) is 12.7. The van der Waals surface area contributed by atoms with Crippen molar-refractivity contribution in [3.63, 3.8) is 0 Å². The average molecular weight is 351 g/mol. The highest BCUT2D eigenvalue weighted by molar-refractivity contribution is 6.02. The summed E-state index contributed by atoms with van der Waals surface area (Å²) < 4.78 is 11.1. The van der Waals surface area contributed by atoms with Crippen molar-refractivity contribution in [3.05, 3.63) is 77.0 Å². The number of ether oxygens (including phenoxy) is 1. The molecule has 6 nitrogen and oxygen atoms in total. The fourth-order valence-corrected chi connectivity index (χ4v) is 2.71. The van der Waals surface area contributed by atoms with Crippen LogP contribution in [0.4, 0.5) is 0 Å². The van der Waals surface area contributed by atoms with Crippen LogP contribution in [-0.2, 0) is 6.61 Å². The summed E-state index contributed by atoms with van der Waals surface area (Å²) in [7, 11) is 0. The van der Waals surface area contributed by atoms with Crippen LogP contribution in [0.1, 0.15) is 40.1 Å². The van der Waals surface area contributed by atoms with Gasteiger partial charge in [-0.1, -0.05) is 18.2 Å². The third-order valence-corrected chi connectivity index (χ3v) is 3.97. The van der Waals surface area contributed by atoms with E-state index in [4.69, 9.17) is 9.15 Å². The number of hydrogen-bond donors (Lipinski definition) is 2. The second-order valence-corrected chi connectivity index (χ2v) is 5.98. The number of rotatable bonds is 6. The Morgan fingerprint density at radius 1 is 1.19 bits per heavy atom. The predicted octanol–water partition coefficient (Wildman–Crippen LogP) is 3.96. The Labute approximate surface area is 151 Å². The van der Waals surface area contributed by atoms with E-state index in [0.717, 1.165) is 28.3 Å². The Morgan fingerprint density at radius 3 is 2.65 bits per heavy atom. The van der Waals surface area contributed by atoms with Crippen molar-refractivity contribution < 1.29 is 13.9 Å². The van der Waals surface area contributed by atoms with E-state index in [0.29, 0.717) is 5.76 Å². The van der Waals surface area contributed by atoms with Crippen LogP contribution in [0.15, 0.2) is 58.2 Å². The van der Waals surface area contributed by atoms with Crippen LogP contribution in [0, 0.1) is 13.8 Å². The highest BCUT2D eigenvalue weighted by atomic mass is 16.5. The topological polar surface area (TPSA) is 79.6 Å². The maximum absolute atomic E-state index is 12.2. The lowest BCUT2D eigenvalue weighted by Gasteiger charge is -2.04. The van der Waals surface area contributed by atoms with Gasteiger partial charge < -0.3 is 14.1 Å². The summed E-state index contributed by atoms with van der Waals surface area (Å²) in [5, 5.41) is 4.17. The van der Waals surface area contributed by atoms with Crippen LogP contribution >= 0.6 is 0 Å². The summed E-state index contributed by atoms with van der Waals surface area (Å²) in [6.07, 6.45) is 1.91. The first-order chi connectivity index (χ1) is 12.5. The van der Waals surface area contributed by atoms with Gasteiger partial charge in [0.2, 0.25) is 0 Å². The number of hydrazone groups is 1. The van der Waals surface area contributed by atoms with E-state index in [1.807, 2.05) is 57.3 Å². The molecule has 134 valence electrons. The van der Waals surface area contributed by atoms with Crippen LogP contribution < -0.4 is 10.2 Å². The number of aromatic nitrogens is 1. The summed E-state index contributed by atoms with van der Waals surface area (Å²) in [4.78, 5) is 15.4. The van der Waals surface area contributed by atoms with Gasteiger partial charge in [0.1, 0.15) is 18.1 Å². The van der Waals surface area contributed by atoms with Gasteiger partial charge in [-0.15, -0.1) is 0 Å². The van der Waals surface area contributed by atoms with Gasteiger partial charge in [0, 0.05) is 17.5 Å². The van der Waals surface area contributed by atoms with Gasteiger partial charge >= 0.3 is 5.91 Å². The molecule has 3 aromatic rings. The highest BCUT2D eigenvalue weighted by Gasteiger charge is 2.12. The molecule has 1 amide bonds. The molecule has 2 N–H and O–H groups in total. The molecule has 2 aromatic heterocycles. The van der Waals surface area contributed by atoms with Crippen LogP contribution in [0.25, 0.3) is 0 Å². The fourth-order valence-electron chi connectivity index (χ4n) is 2.71. The Hall–Kier alpha value is -3.28. The average Bonchev–Trinajstić information content (AvgIpc) is 3.25. The molecule has 1 aromatic carbocycles. The lowest BCUT2D eigenvalue weighted by atomic mass is 10.1. The van der Waals surface area contributed by atoms with Crippen molar-refractivity contribution >= 4 is 11.6 Å². The molecular weight excluding hydrogens is 330 g/mol. The summed E-state index contributed by atoms with van der Waals surface area (Å²) in [5.41, 5.74) is 6.35. The first-order valence-corrected chi connectivity index (χ1v) is 8.30. The number of carbonyl (C=O) groups is 1. The minimum atomic E-state index is -0.402. The SMILES string of the molecule is C/C(=N\NC(=O)c1ccc(COc2ccccc2)o1)c1c(C)c[nH]c1C. The van der Waals surface area contributed by atoms with E-state index in [-0.39, 0.29) is 12.4 Å². The number of hydrogen-bond acceptors (Lipinski definition) is 4. The largest absolute Gasteiger partial charge is 0.486 e. The summed E-state index contributed by atoms with van der Waals surface area (Å²) in [5.74, 6) is 1.10. The van der Waals surface area contributed by atoms with Crippen molar-refractivity contribution in [3.8, 4) is 5.75 Å². The highest BCUT2D eigenvalue weighted by Crippen LogP contribution is 2.15. The number of amides is 1. The lowest BCUT2D eigenvalue weighted by molar-refractivity contribution is 0.0923. The smallest absolute Gasteiger partial charge is 0.307 e. The first-order valence-electron chi connectivity index (χ1n) is 8.30. The van der Waals surface area contributed by atoms with Crippen LogP contribution in [0.2, 0.25) is 0 Å². The Kier molecular flexibility index (Phi) is 5.22. The van der Waals surface area contributed by atoms with E-state index < -0.39 is 5.91 Å². The molecule has 0 saturated carbocycles. The third kappa shape index (κ3) is 4.03. The van der Waals surface area contributed by atoms with Crippen molar-refractivity contribution in [2.75, 3.05) is 0 Å². The molecule has 0 aliphatic rings. The minimum Gasteiger partial charge on any atom is -0.486 e. The van der Waals surface area contributed by atoms with Crippen molar-refractivity contribution in [1.29, 1.82) is 0 Å². The first kappa shape index (κ1) is 17.5. The van der Waals surface area contributed by atoms with Crippen LogP contribution in [0.3, 0.4) is 0 Å². The molecule has 0 spiro atoms. The van der Waals surface area contributed by atoms with E-state index in [9.17, 15) is 4.79 Å². The van der Waals surface area contributed by atoms with Gasteiger partial charge in [-0.3, -0.25) is 4.79 Å². The number of furan rings is 1. The van der Waals surface area contributed by atoms with Crippen molar-refractivity contribution in [1.82, 2.24) is 10.4 Å². The zero-order valence-electron chi connectivity index (χ0n) is 15.0.